The molecule has 1 rings (SSSR count). The summed E-state index contributed by atoms with van der Waals surface area (Å²) in [5.41, 5.74) is -0.364. The second-order valence-corrected chi connectivity index (χ2v) is 3.50. The van der Waals surface area contributed by atoms with Crippen LogP contribution in [-0.4, -0.2) is 29.3 Å². The Morgan fingerprint density at radius 1 is 1.10 bits per heavy atom. The van der Waals surface area contributed by atoms with Crippen LogP contribution in [0.25, 0.3) is 0 Å². The second-order valence-electron chi connectivity index (χ2n) is 3.50. The zero-order valence-electron chi connectivity index (χ0n) is 10.4. The third-order valence-corrected chi connectivity index (χ3v) is 2.19. The molecule has 0 aromatic heterocycles. The van der Waals surface area contributed by atoms with Crippen LogP contribution in [0.3, 0.4) is 0 Å². The molecule has 1 unspecified atom stereocenters. The van der Waals surface area contributed by atoms with Gasteiger partial charge < -0.3 is 14.6 Å². The Morgan fingerprint density at radius 3 is 2.20 bits per heavy atom. The summed E-state index contributed by atoms with van der Waals surface area (Å²) in [5.74, 6) is -3.00. The van der Waals surface area contributed by atoms with E-state index in [0.29, 0.717) is 0 Å². The maximum absolute atomic E-state index is 11.9. The van der Waals surface area contributed by atoms with Crippen molar-refractivity contribution in [3.05, 3.63) is 60.7 Å². The Balaban J connectivity index is 2.90. The van der Waals surface area contributed by atoms with Crippen molar-refractivity contribution in [1.29, 1.82) is 0 Å². The molecule has 0 aliphatic rings. The van der Waals surface area contributed by atoms with Crippen LogP contribution in [0.4, 0.5) is 0 Å². The quantitative estimate of drug-likeness (QED) is 0.368. The van der Waals surface area contributed by atoms with Crippen LogP contribution >= 0.6 is 0 Å². The van der Waals surface area contributed by atoms with Gasteiger partial charge in [0, 0.05) is 6.08 Å². The van der Waals surface area contributed by atoms with Crippen molar-refractivity contribution in [2.45, 2.75) is 6.29 Å². The Kier molecular flexibility index (Phi) is 5.22. The molecule has 0 saturated carbocycles. The summed E-state index contributed by atoms with van der Waals surface area (Å²) in [6.07, 6.45) is 0.660. The molecule has 1 aromatic carbocycles. The summed E-state index contributed by atoms with van der Waals surface area (Å²) in [6.45, 7) is 6.54. The minimum Gasteiger partial charge on any atom is -0.478 e. The van der Waals surface area contributed by atoms with Crippen molar-refractivity contribution in [3.63, 3.8) is 0 Å². The fraction of sp³-hybridized carbons (Fsp3) is 0.0714. The lowest BCUT2D eigenvalue weighted by atomic mass is 10.1. The lowest BCUT2D eigenvalue weighted by molar-refractivity contribution is -0.155. The topological polar surface area (TPSA) is 89.9 Å². The third kappa shape index (κ3) is 3.81. The zero-order chi connectivity index (χ0) is 15.1. The molecule has 0 aliphatic heterocycles. The minimum atomic E-state index is -1.32. The lowest BCUT2D eigenvalue weighted by Crippen LogP contribution is -2.23. The first-order valence-corrected chi connectivity index (χ1v) is 5.48. The summed E-state index contributed by atoms with van der Waals surface area (Å²) in [6, 6.07) is 5.52. The summed E-state index contributed by atoms with van der Waals surface area (Å²) in [4.78, 5) is 33.8. The molecule has 6 nitrogen and oxygen atoms in total. The lowest BCUT2D eigenvalue weighted by Gasteiger charge is -2.14. The van der Waals surface area contributed by atoms with Gasteiger partial charge in [-0.1, -0.05) is 25.3 Å². The van der Waals surface area contributed by atoms with Gasteiger partial charge >= 0.3 is 17.9 Å². The summed E-state index contributed by atoms with van der Waals surface area (Å²) in [7, 11) is 0. The molecule has 0 spiro atoms. The maximum atomic E-state index is 11.9. The van der Waals surface area contributed by atoms with Gasteiger partial charge in [-0.15, -0.1) is 0 Å². The predicted octanol–water partition coefficient (Wildman–Crippen LogP) is 1.78. The fourth-order valence-corrected chi connectivity index (χ4v) is 1.30. The molecular formula is C14H12O6. The van der Waals surface area contributed by atoms with E-state index in [1.165, 1.54) is 24.3 Å². The van der Waals surface area contributed by atoms with E-state index < -0.39 is 24.2 Å². The van der Waals surface area contributed by atoms with E-state index in [4.69, 9.17) is 9.84 Å². The van der Waals surface area contributed by atoms with E-state index in [-0.39, 0.29) is 11.1 Å². The van der Waals surface area contributed by atoms with Crippen molar-refractivity contribution in [3.8, 4) is 0 Å². The number of carboxylic acids is 1. The summed E-state index contributed by atoms with van der Waals surface area (Å²) in [5, 5.41) is 8.96. The largest absolute Gasteiger partial charge is 0.478 e. The SMILES string of the molecule is C=CC(=O)OC(C=C)OC(=O)c1ccccc1C(=O)O. The highest BCUT2D eigenvalue weighted by Crippen LogP contribution is 2.12. The number of ether oxygens (including phenoxy) is 2. The Bertz CT molecular complexity index is 561. The molecule has 0 saturated heterocycles. The number of carbonyl (C=O) groups is 3. The van der Waals surface area contributed by atoms with Crippen LogP contribution in [-0.2, 0) is 14.3 Å². The summed E-state index contributed by atoms with van der Waals surface area (Å²) < 4.78 is 9.51. The molecule has 20 heavy (non-hydrogen) atoms. The Hall–Kier alpha value is -2.89. The normalized spacial score (nSPS) is 11.0. The van der Waals surface area contributed by atoms with Gasteiger partial charge in [-0.25, -0.2) is 14.4 Å². The number of benzene rings is 1. The van der Waals surface area contributed by atoms with Crippen LogP contribution in [0.15, 0.2) is 49.6 Å². The first-order chi connectivity index (χ1) is 9.49. The van der Waals surface area contributed by atoms with Crippen molar-refractivity contribution in [2.24, 2.45) is 0 Å². The van der Waals surface area contributed by atoms with Crippen molar-refractivity contribution >= 4 is 17.9 Å². The van der Waals surface area contributed by atoms with Gasteiger partial charge in [0.05, 0.1) is 11.1 Å². The third-order valence-electron chi connectivity index (χ3n) is 2.19. The van der Waals surface area contributed by atoms with Gasteiger partial charge in [0.15, 0.2) is 0 Å². The minimum absolute atomic E-state index is 0.151. The number of hydrogen-bond acceptors (Lipinski definition) is 5. The monoisotopic (exact) mass is 276 g/mol. The molecule has 1 atom stereocenters. The predicted molar refractivity (Wildman–Crippen MR) is 69.1 cm³/mol. The number of rotatable bonds is 6. The number of hydrogen-bond donors (Lipinski definition) is 1. The molecule has 0 heterocycles. The second kappa shape index (κ2) is 6.89. The standard InChI is InChI=1S/C14H12O6/c1-3-11(15)19-12(4-2)20-14(18)10-8-6-5-7-9(10)13(16)17/h3-8,12H,1-2H2,(H,16,17). The molecule has 1 N–H and O–H groups in total. The van der Waals surface area contributed by atoms with Gasteiger partial charge in [0.2, 0.25) is 0 Å². The van der Waals surface area contributed by atoms with Crippen LogP contribution in [0, 0.1) is 0 Å². The van der Waals surface area contributed by atoms with Gasteiger partial charge in [0.1, 0.15) is 0 Å². The number of carboxylic acid groups (broad SMARTS) is 1. The highest BCUT2D eigenvalue weighted by molar-refractivity contribution is 6.02. The smallest absolute Gasteiger partial charge is 0.342 e. The van der Waals surface area contributed by atoms with Crippen LogP contribution in [0.2, 0.25) is 0 Å². The van der Waals surface area contributed by atoms with E-state index in [2.05, 4.69) is 17.9 Å². The van der Waals surface area contributed by atoms with E-state index >= 15 is 0 Å². The highest BCUT2D eigenvalue weighted by Gasteiger charge is 2.20. The van der Waals surface area contributed by atoms with E-state index in [1.807, 2.05) is 0 Å². The summed E-state index contributed by atoms with van der Waals surface area (Å²) >= 11 is 0. The first kappa shape index (κ1) is 15.2. The Labute approximate surface area is 114 Å². The average molecular weight is 276 g/mol. The van der Waals surface area contributed by atoms with E-state index in [1.54, 1.807) is 0 Å². The molecule has 0 fully saturated rings. The molecular weight excluding hydrogens is 264 g/mol. The molecule has 0 bridgehead atoms. The van der Waals surface area contributed by atoms with Crippen molar-refractivity contribution < 1.29 is 29.0 Å². The van der Waals surface area contributed by atoms with Gasteiger partial charge in [-0.05, 0) is 18.2 Å². The van der Waals surface area contributed by atoms with Crippen LogP contribution < -0.4 is 0 Å². The van der Waals surface area contributed by atoms with Crippen molar-refractivity contribution in [1.82, 2.24) is 0 Å². The number of carbonyl (C=O) groups excluding carboxylic acids is 2. The average Bonchev–Trinajstić information content (AvgIpc) is 2.45. The van der Waals surface area contributed by atoms with E-state index in [9.17, 15) is 14.4 Å². The van der Waals surface area contributed by atoms with Gasteiger partial charge in [-0.3, -0.25) is 0 Å². The number of esters is 2. The Morgan fingerprint density at radius 2 is 1.70 bits per heavy atom. The maximum Gasteiger partial charge on any atom is 0.342 e. The zero-order valence-corrected chi connectivity index (χ0v) is 10.4. The van der Waals surface area contributed by atoms with Gasteiger partial charge in [0.25, 0.3) is 6.29 Å². The molecule has 104 valence electrons. The molecule has 0 radical (unpaired) electrons. The molecule has 0 aliphatic carbocycles. The van der Waals surface area contributed by atoms with Crippen LogP contribution in [0.1, 0.15) is 20.7 Å². The molecule has 1 aromatic rings. The van der Waals surface area contributed by atoms with Crippen LogP contribution in [0.5, 0.6) is 0 Å². The number of aromatic carboxylic acids is 1. The molecule has 6 heteroatoms. The van der Waals surface area contributed by atoms with Gasteiger partial charge in [-0.2, -0.15) is 0 Å². The fourth-order valence-electron chi connectivity index (χ4n) is 1.30. The highest BCUT2D eigenvalue weighted by atomic mass is 16.7. The van der Waals surface area contributed by atoms with E-state index in [0.717, 1.165) is 12.2 Å². The molecule has 0 amide bonds. The van der Waals surface area contributed by atoms with Crippen molar-refractivity contribution in [2.75, 3.05) is 0 Å². The first-order valence-electron chi connectivity index (χ1n) is 5.48.